The van der Waals surface area contributed by atoms with Gasteiger partial charge in [-0.2, -0.15) is 5.10 Å². The molecular formula is C8H12N2O. The Labute approximate surface area is 66.5 Å². The molecule has 0 aliphatic rings. The third kappa shape index (κ3) is 3.45. The van der Waals surface area contributed by atoms with Crippen molar-refractivity contribution in [2.75, 3.05) is 0 Å². The number of hydrogen-bond donors (Lipinski definition) is 0. The lowest BCUT2D eigenvalue weighted by Crippen LogP contribution is -1.96. The Bertz CT molecular complexity index is 209. The van der Waals surface area contributed by atoms with E-state index in [1.54, 1.807) is 12.1 Å². The molecule has 0 saturated carbocycles. The molecule has 0 aliphatic carbocycles. The first-order chi connectivity index (χ1) is 5.30. The van der Waals surface area contributed by atoms with Crippen LogP contribution >= 0.6 is 0 Å². The smallest absolute Gasteiger partial charge is 0.180 e. The lowest BCUT2D eigenvalue weighted by molar-refractivity contribution is 0.101. The number of carbonyl (C=O) groups excluding carboxylic acids is 1. The fourth-order valence-corrected chi connectivity index (χ4v) is 0.489. The van der Waals surface area contributed by atoms with Gasteiger partial charge in [-0.05, 0) is 12.1 Å². The first kappa shape index (κ1) is 9.75. The molecule has 3 nitrogen and oxygen atoms in total. The van der Waals surface area contributed by atoms with Crippen molar-refractivity contribution in [3.05, 3.63) is 24.0 Å². The summed E-state index contributed by atoms with van der Waals surface area (Å²) in [6, 6.07) is 3.32. The number of rotatable bonds is 1. The van der Waals surface area contributed by atoms with Crippen LogP contribution in [-0.4, -0.2) is 16.0 Å². The van der Waals surface area contributed by atoms with Gasteiger partial charge in [-0.25, -0.2) is 0 Å². The Morgan fingerprint density at radius 2 is 2.09 bits per heavy atom. The number of aromatic nitrogens is 2. The van der Waals surface area contributed by atoms with Crippen molar-refractivity contribution in [3.8, 4) is 0 Å². The Morgan fingerprint density at radius 3 is 2.36 bits per heavy atom. The Hall–Kier alpha value is -1.25. The molecule has 0 amide bonds. The number of Topliss-reactive ketones (excluding diaryl/α,β-unsaturated/α-hetero) is 1. The van der Waals surface area contributed by atoms with E-state index >= 15 is 0 Å². The minimum atomic E-state index is -0.0527. The van der Waals surface area contributed by atoms with Crippen LogP contribution in [0.2, 0.25) is 0 Å². The summed E-state index contributed by atoms with van der Waals surface area (Å²) in [5.74, 6) is -0.0527. The Kier molecular flexibility index (Phi) is 4.90. The molecule has 1 rings (SSSR count). The van der Waals surface area contributed by atoms with Crippen molar-refractivity contribution < 1.29 is 4.79 Å². The van der Waals surface area contributed by atoms with E-state index in [-0.39, 0.29) is 5.78 Å². The topological polar surface area (TPSA) is 42.9 Å². The van der Waals surface area contributed by atoms with E-state index in [4.69, 9.17) is 0 Å². The molecule has 3 heteroatoms. The molecule has 0 radical (unpaired) electrons. The number of hydrogen-bond acceptors (Lipinski definition) is 3. The molecule has 0 unspecified atom stereocenters. The fourth-order valence-electron chi connectivity index (χ4n) is 0.489. The van der Waals surface area contributed by atoms with Crippen LogP contribution in [0, 0.1) is 0 Å². The maximum absolute atomic E-state index is 10.5. The van der Waals surface area contributed by atoms with Crippen LogP contribution in [0.1, 0.15) is 31.3 Å². The van der Waals surface area contributed by atoms with Crippen LogP contribution in [0.3, 0.4) is 0 Å². The van der Waals surface area contributed by atoms with Crippen molar-refractivity contribution in [3.63, 3.8) is 0 Å². The van der Waals surface area contributed by atoms with E-state index in [0.29, 0.717) is 5.69 Å². The van der Waals surface area contributed by atoms with Crippen LogP contribution in [0.25, 0.3) is 0 Å². The van der Waals surface area contributed by atoms with E-state index in [0.717, 1.165) is 0 Å². The molecule has 1 aromatic heterocycles. The second-order valence-electron chi connectivity index (χ2n) is 1.67. The van der Waals surface area contributed by atoms with Crippen LogP contribution in [0.5, 0.6) is 0 Å². The molecule has 0 spiro atoms. The van der Waals surface area contributed by atoms with E-state index in [1.807, 2.05) is 13.8 Å². The van der Waals surface area contributed by atoms with E-state index in [2.05, 4.69) is 10.2 Å². The molecule has 0 aromatic carbocycles. The first-order valence-corrected chi connectivity index (χ1v) is 3.59. The monoisotopic (exact) mass is 152 g/mol. The minimum absolute atomic E-state index is 0.0527. The van der Waals surface area contributed by atoms with Crippen molar-refractivity contribution in [1.29, 1.82) is 0 Å². The Balaban J connectivity index is 0.000000461. The standard InChI is InChI=1S/C6H6N2O.C2H6/c1-5(9)6-3-2-4-7-8-6;1-2/h2-4H,1H3;1-2H3. The summed E-state index contributed by atoms with van der Waals surface area (Å²) in [6.07, 6.45) is 1.53. The summed E-state index contributed by atoms with van der Waals surface area (Å²) in [6.45, 7) is 5.46. The normalized spacial score (nSPS) is 7.91. The third-order valence-corrected chi connectivity index (χ3v) is 0.933. The van der Waals surface area contributed by atoms with Crippen LogP contribution in [0.15, 0.2) is 18.3 Å². The predicted octanol–water partition coefficient (Wildman–Crippen LogP) is 1.71. The van der Waals surface area contributed by atoms with Gasteiger partial charge in [0.15, 0.2) is 5.78 Å². The first-order valence-electron chi connectivity index (χ1n) is 3.59. The highest BCUT2D eigenvalue weighted by atomic mass is 16.1. The predicted molar refractivity (Wildman–Crippen MR) is 43.4 cm³/mol. The highest BCUT2D eigenvalue weighted by Gasteiger charge is 1.96. The van der Waals surface area contributed by atoms with Gasteiger partial charge in [-0.1, -0.05) is 13.8 Å². The summed E-state index contributed by atoms with van der Waals surface area (Å²) in [7, 11) is 0. The van der Waals surface area contributed by atoms with Gasteiger partial charge in [-0.15, -0.1) is 5.10 Å². The summed E-state index contributed by atoms with van der Waals surface area (Å²) in [4.78, 5) is 10.5. The van der Waals surface area contributed by atoms with Gasteiger partial charge in [-0.3, -0.25) is 4.79 Å². The maximum Gasteiger partial charge on any atom is 0.180 e. The molecule has 1 aromatic rings. The van der Waals surface area contributed by atoms with Gasteiger partial charge < -0.3 is 0 Å². The SMILES string of the molecule is CC.CC(=O)c1cccnn1. The third-order valence-electron chi connectivity index (χ3n) is 0.933. The van der Waals surface area contributed by atoms with E-state index in [9.17, 15) is 4.79 Å². The average molecular weight is 152 g/mol. The average Bonchev–Trinajstić information content (AvgIpc) is 2.10. The molecular weight excluding hydrogens is 140 g/mol. The molecule has 0 atom stereocenters. The summed E-state index contributed by atoms with van der Waals surface area (Å²) < 4.78 is 0. The summed E-state index contributed by atoms with van der Waals surface area (Å²) in [5.41, 5.74) is 0.414. The van der Waals surface area contributed by atoms with Gasteiger partial charge in [0, 0.05) is 13.1 Å². The Morgan fingerprint density at radius 1 is 1.45 bits per heavy atom. The summed E-state index contributed by atoms with van der Waals surface area (Å²) >= 11 is 0. The number of ketones is 1. The maximum atomic E-state index is 10.5. The van der Waals surface area contributed by atoms with E-state index in [1.165, 1.54) is 13.1 Å². The van der Waals surface area contributed by atoms with Gasteiger partial charge in [0.05, 0.1) is 0 Å². The fraction of sp³-hybridized carbons (Fsp3) is 0.375. The highest BCUT2D eigenvalue weighted by molar-refractivity contribution is 5.91. The minimum Gasteiger partial charge on any atom is -0.293 e. The van der Waals surface area contributed by atoms with Crippen molar-refractivity contribution in [2.24, 2.45) is 0 Å². The molecule has 0 saturated heterocycles. The molecule has 1 heterocycles. The van der Waals surface area contributed by atoms with Crippen molar-refractivity contribution in [1.82, 2.24) is 10.2 Å². The molecule has 60 valence electrons. The quantitative estimate of drug-likeness (QED) is 0.575. The molecule has 11 heavy (non-hydrogen) atoms. The molecule has 0 fully saturated rings. The van der Waals surface area contributed by atoms with Crippen LogP contribution < -0.4 is 0 Å². The van der Waals surface area contributed by atoms with Crippen LogP contribution in [-0.2, 0) is 0 Å². The largest absolute Gasteiger partial charge is 0.293 e. The van der Waals surface area contributed by atoms with Gasteiger partial charge >= 0.3 is 0 Å². The molecule has 0 aliphatic heterocycles. The number of nitrogens with zero attached hydrogens (tertiary/aromatic N) is 2. The molecule has 0 N–H and O–H groups in total. The lowest BCUT2D eigenvalue weighted by Gasteiger charge is -1.87. The van der Waals surface area contributed by atoms with Crippen molar-refractivity contribution in [2.45, 2.75) is 20.8 Å². The lowest BCUT2D eigenvalue weighted by atomic mass is 10.3. The zero-order chi connectivity index (χ0) is 8.69. The van der Waals surface area contributed by atoms with Crippen molar-refractivity contribution >= 4 is 5.78 Å². The summed E-state index contributed by atoms with van der Waals surface area (Å²) in [5, 5.41) is 7.11. The highest BCUT2D eigenvalue weighted by Crippen LogP contribution is 1.89. The van der Waals surface area contributed by atoms with Gasteiger partial charge in [0.1, 0.15) is 5.69 Å². The van der Waals surface area contributed by atoms with Gasteiger partial charge in [0.2, 0.25) is 0 Å². The van der Waals surface area contributed by atoms with E-state index < -0.39 is 0 Å². The second kappa shape index (κ2) is 5.53. The zero-order valence-corrected chi connectivity index (χ0v) is 7.03. The zero-order valence-electron chi connectivity index (χ0n) is 7.03. The number of carbonyl (C=O) groups is 1. The van der Waals surface area contributed by atoms with Gasteiger partial charge in [0.25, 0.3) is 0 Å². The van der Waals surface area contributed by atoms with Crippen LogP contribution in [0.4, 0.5) is 0 Å². The second-order valence-corrected chi connectivity index (χ2v) is 1.67. The molecule has 0 bridgehead atoms.